The number of piperidine rings is 1. The molecule has 0 spiro atoms. The lowest BCUT2D eigenvalue weighted by atomic mass is 9.91. The molecule has 0 bridgehead atoms. The van der Waals surface area contributed by atoms with Gasteiger partial charge in [-0.25, -0.2) is 9.78 Å². The Morgan fingerprint density at radius 3 is 2.79 bits per heavy atom. The molecular weight excluding hydrogens is 242 g/mol. The molecule has 1 atom stereocenters. The Kier molecular flexibility index (Phi) is 4.37. The van der Waals surface area contributed by atoms with Crippen LogP contribution in [0.5, 0.6) is 0 Å². The summed E-state index contributed by atoms with van der Waals surface area (Å²) in [6.07, 6.45) is 3.83. The van der Waals surface area contributed by atoms with Gasteiger partial charge in [-0.2, -0.15) is 0 Å². The zero-order valence-corrected chi connectivity index (χ0v) is 11.5. The number of pyridine rings is 1. The summed E-state index contributed by atoms with van der Waals surface area (Å²) in [4.78, 5) is 17.8. The third-order valence-electron chi connectivity index (χ3n) is 3.79. The van der Waals surface area contributed by atoms with Gasteiger partial charge in [0.15, 0.2) is 0 Å². The van der Waals surface area contributed by atoms with E-state index < -0.39 is 5.97 Å². The number of aromatic nitrogens is 1. The van der Waals surface area contributed by atoms with Crippen molar-refractivity contribution >= 4 is 11.7 Å². The summed E-state index contributed by atoms with van der Waals surface area (Å²) in [6.45, 7) is 4.01. The van der Waals surface area contributed by atoms with Crippen molar-refractivity contribution in [2.75, 3.05) is 25.1 Å². The van der Waals surface area contributed by atoms with Crippen molar-refractivity contribution in [3.63, 3.8) is 0 Å². The maximum absolute atomic E-state index is 11.5. The molecular formula is C14H21N3O2. The van der Waals surface area contributed by atoms with Gasteiger partial charge in [0.05, 0.1) is 7.11 Å². The minimum absolute atomic E-state index is 0.255. The van der Waals surface area contributed by atoms with Gasteiger partial charge in [-0.15, -0.1) is 0 Å². The van der Waals surface area contributed by atoms with E-state index in [9.17, 15) is 4.79 Å². The first kappa shape index (κ1) is 13.8. The second kappa shape index (κ2) is 6.02. The molecule has 0 radical (unpaired) electrons. The fourth-order valence-corrected chi connectivity index (χ4v) is 2.52. The molecule has 0 aromatic carbocycles. The van der Waals surface area contributed by atoms with Crippen LogP contribution in [0.15, 0.2) is 18.3 Å². The zero-order valence-electron chi connectivity index (χ0n) is 11.5. The first-order valence-electron chi connectivity index (χ1n) is 6.66. The third-order valence-corrected chi connectivity index (χ3v) is 3.79. The Morgan fingerprint density at radius 2 is 2.21 bits per heavy atom. The van der Waals surface area contributed by atoms with Gasteiger partial charge >= 0.3 is 5.97 Å². The Labute approximate surface area is 113 Å². The van der Waals surface area contributed by atoms with Crippen molar-refractivity contribution in [2.24, 2.45) is 11.7 Å². The van der Waals surface area contributed by atoms with E-state index in [1.807, 2.05) is 6.07 Å². The summed E-state index contributed by atoms with van der Waals surface area (Å²) < 4.78 is 4.69. The van der Waals surface area contributed by atoms with Crippen LogP contribution in [0.3, 0.4) is 0 Å². The summed E-state index contributed by atoms with van der Waals surface area (Å²) in [5.74, 6) is 0.200. The highest BCUT2D eigenvalue weighted by atomic mass is 16.5. The van der Waals surface area contributed by atoms with E-state index in [0.717, 1.165) is 31.6 Å². The van der Waals surface area contributed by atoms with Gasteiger partial charge in [-0.3, -0.25) is 0 Å². The highest BCUT2D eigenvalue weighted by molar-refractivity contribution is 5.88. The number of hydrogen-bond acceptors (Lipinski definition) is 5. The molecule has 5 heteroatoms. The molecule has 0 saturated carbocycles. The molecule has 1 aliphatic rings. The Balaban J connectivity index is 2.05. The van der Waals surface area contributed by atoms with Crippen LogP contribution >= 0.6 is 0 Å². The molecule has 0 amide bonds. The van der Waals surface area contributed by atoms with Crippen molar-refractivity contribution in [3.8, 4) is 0 Å². The maximum Gasteiger partial charge on any atom is 0.356 e. The Hall–Kier alpha value is -1.62. The van der Waals surface area contributed by atoms with E-state index in [2.05, 4.69) is 16.8 Å². The number of carbonyl (C=O) groups is 1. The molecule has 2 rings (SSSR count). The molecule has 1 unspecified atom stereocenters. The van der Waals surface area contributed by atoms with Gasteiger partial charge in [-0.05, 0) is 37.8 Å². The quantitative estimate of drug-likeness (QED) is 0.836. The number of ether oxygens (including phenoxy) is 1. The second-order valence-corrected chi connectivity index (χ2v) is 5.07. The van der Waals surface area contributed by atoms with Crippen LogP contribution < -0.4 is 10.6 Å². The topological polar surface area (TPSA) is 68.5 Å². The average molecular weight is 263 g/mol. The first-order chi connectivity index (χ1) is 9.11. The van der Waals surface area contributed by atoms with Crippen LogP contribution in [-0.2, 0) is 4.74 Å². The fourth-order valence-electron chi connectivity index (χ4n) is 2.52. The minimum atomic E-state index is -0.396. The molecule has 2 heterocycles. The Bertz CT molecular complexity index is 440. The number of methoxy groups -OCH3 is 1. The molecule has 19 heavy (non-hydrogen) atoms. The van der Waals surface area contributed by atoms with Gasteiger partial charge in [-0.1, -0.05) is 0 Å². The number of rotatable bonds is 3. The number of hydrogen-bond donors (Lipinski definition) is 1. The molecule has 104 valence electrons. The normalized spacial score (nSPS) is 18.2. The summed E-state index contributed by atoms with van der Waals surface area (Å²) >= 11 is 0. The van der Waals surface area contributed by atoms with Gasteiger partial charge in [0.1, 0.15) is 5.69 Å². The Morgan fingerprint density at radius 1 is 1.53 bits per heavy atom. The van der Waals surface area contributed by atoms with E-state index in [1.165, 1.54) is 7.11 Å². The number of esters is 1. The molecule has 0 aliphatic carbocycles. The predicted molar refractivity (Wildman–Crippen MR) is 74.2 cm³/mol. The van der Waals surface area contributed by atoms with Crippen LogP contribution in [0, 0.1) is 5.92 Å². The number of carbonyl (C=O) groups excluding carboxylic acids is 1. The molecule has 1 aromatic rings. The fraction of sp³-hybridized carbons (Fsp3) is 0.571. The SMILES string of the molecule is COC(=O)c1cc(N2CCC(C(C)N)CC2)ccn1. The summed E-state index contributed by atoms with van der Waals surface area (Å²) in [6, 6.07) is 3.97. The molecule has 1 fully saturated rings. The van der Waals surface area contributed by atoms with E-state index in [1.54, 1.807) is 12.3 Å². The first-order valence-corrected chi connectivity index (χ1v) is 6.66. The van der Waals surface area contributed by atoms with Crippen LogP contribution in [0.4, 0.5) is 5.69 Å². The van der Waals surface area contributed by atoms with Crippen LogP contribution in [0.1, 0.15) is 30.3 Å². The van der Waals surface area contributed by atoms with Gasteiger partial charge in [0, 0.05) is 31.0 Å². The largest absolute Gasteiger partial charge is 0.464 e. The number of nitrogens with zero attached hydrogens (tertiary/aromatic N) is 2. The van der Waals surface area contributed by atoms with Crippen LogP contribution in [-0.4, -0.2) is 37.2 Å². The minimum Gasteiger partial charge on any atom is -0.464 e. The third kappa shape index (κ3) is 3.23. The van der Waals surface area contributed by atoms with Gasteiger partial charge < -0.3 is 15.4 Å². The predicted octanol–water partition coefficient (Wildman–Crippen LogP) is 1.43. The zero-order chi connectivity index (χ0) is 13.8. The van der Waals surface area contributed by atoms with Crippen molar-refractivity contribution in [3.05, 3.63) is 24.0 Å². The summed E-state index contributed by atoms with van der Waals surface area (Å²) in [5.41, 5.74) is 7.33. The van der Waals surface area contributed by atoms with E-state index in [4.69, 9.17) is 10.5 Å². The summed E-state index contributed by atoms with van der Waals surface area (Å²) in [7, 11) is 1.37. The smallest absolute Gasteiger partial charge is 0.356 e. The van der Waals surface area contributed by atoms with E-state index in [0.29, 0.717) is 11.6 Å². The molecule has 2 N–H and O–H groups in total. The molecule has 5 nitrogen and oxygen atoms in total. The van der Waals surface area contributed by atoms with Crippen molar-refractivity contribution < 1.29 is 9.53 Å². The number of nitrogens with two attached hydrogens (primary N) is 1. The van der Waals surface area contributed by atoms with E-state index in [-0.39, 0.29) is 6.04 Å². The lowest BCUT2D eigenvalue weighted by Crippen LogP contribution is -2.39. The monoisotopic (exact) mass is 263 g/mol. The molecule has 1 aliphatic heterocycles. The van der Waals surface area contributed by atoms with Gasteiger partial charge in [0.2, 0.25) is 0 Å². The lowest BCUT2D eigenvalue weighted by Gasteiger charge is -2.35. The highest BCUT2D eigenvalue weighted by Crippen LogP contribution is 2.24. The maximum atomic E-state index is 11.5. The average Bonchev–Trinajstić information content (AvgIpc) is 2.46. The summed E-state index contributed by atoms with van der Waals surface area (Å²) in [5, 5.41) is 0. The van der Waals surface area contributed by atoms with Crippen LogP contribution in [0.2, 0.25) is 0 Å². The van der Waals surface area contributed by atoms with Crippen molar-refractivity contribution in [2.45, 2.75) is 25.8 Å². The molecule has 1 aromatic heterocycles. The van der Waals surface area contributed by atoms with Crippen molar-refractivity contribution in [1.82, 2.24) is 4.98 Å². The second-order valence-electron chi connectivity index (χ2n) is 5.07. The van der Waals surface area contributed by atoms with E-state index >= 15 is 0 Å². The highest BCUT2D eigenvalue weighted by Gasteiger charge is 2.22. The standard InChI is InChI=1S/C14H21N3O2/c1-10(15)11-4-7-17(8-5-11)12-3-6-16-13(9-12)14(18)19-2/h3,6,9-11H,4-5,7-8,15H2,1-2H3. The van der Waals surface area contributed by atoms with Gasteiger partial charge in [0.25, 0.3) is 0 Å². The number of anilines is 1. The van der Waals surface area contributed by atoms with Crippen LogP contribution in [0.25, 0.3) is 0 Å². The lowest BCUT2D eigenvalue weighted by molar-refractivity contribution is 0.0594. The van der Waals surface area contributed by atoms with Crippen molar-refractivity contribution in [1.29, 1.82) is 0 Å². The molecule has 1 saturated heterocycles.